The minimum Gasteiger partial charge on any atom is -0.465 e. The minimum absolute atomic E-state index is 0.138. The van der Waals surface area contributed by atoms with E-state index in [0.29, 0.717) is 12.5 Å². The van der Waals surface area contributed by atoms with Gasteiger partial charge in [0.05, 0.1) is 13.0 Å². The van der Waals surface area contributed by atoms with Crippen LogP contribution in [0.4, 0.5) is 0 Å². The number of nitrogens with one attached hydrogen (secondary N) is 1. The summed E-state index contributed by atoms with van der Waals surface area (Å²) in [5.41, 5.74) is 0. The Kier molecular flexibility index (Phi) is 5.93. The van der Waals surface area contributed by atoms with Crippen molar-refractivity contribution in [3.8, 4) is 0 Å². The summed E-state index contributed by atoms with van der Waals surface area (Å²) in [6.07, 6.45) is 0.361. The lowest BCUT2D eigenvalue weighted by atomic mass is 10.2. The van der Waals surface area contributed by atoms with Crippen LogP contribution < -0.4 is 5.32 Å². The third-order valence-electron chi connectivity index (χ3n) is 1.41. The molecular weight excluding hydrogens is 170 g/mol. The molecule has 0 aromatic carbocycles. The topological polar surface area (TPSA) is 55.4 Å². The van der Waals surface area contributed by atoms with Crippen molar-refractivity contribution in [2.45, 2.75) is 26.7 Å². The molecule has 0 spiro atoms. The van der Waals surface area contributed by atoms with E-state index in [-0.39, 0.29) is 24.7 Å². The molecule has 1 amide bonds. The highest BCUT2D eigenvalue weighted by Gasteiger charge is 2.06. The van der Waals surface area contributed by atoms with Gasteiger partial charge in [-0.3, -0.25) is 9.59 Å². The van der Waals surface area contributed by atoms with Crippen LogP contribution >= 0.6 is 0 Å². The van der Waals surface area contributed by atoms with Gasteiger partial charge < -0.3 is 10.1 Å². The Morgan fingerprint density at radius 1 is 1.31 bits per heavy atom. The summed E-state index contributed by atoms with van der Waals surface area (Å²) >= 11 is 0. The first kappa shape index (κ1) is 11.9. The van der Waals surface area contributed by atoms with E-state index in [4.69, 9.17) is 4.74 Å². The lowest BCUT2D eigenvalue weighted by Crippen LogP contribution is -2.19. The van der Waals surface area contributed by atoms with E-state index in [1.165, 1.54) is 0 Å². The summed E-state index contributed by atoms with van der Waals surface area (Å²) < 4.78 is 4.88. The van der Waals surface area contributed by atoms with Gasteiger partial charge in [-0.15, -0.1) is 0 Å². The van der Waals surface area contributed by atoms with Gasteiger partial charge in [0.1, 0.15) is 0 Å². The van der Waals surface area contributed by atoms with Crippen molar-refractivity contribution in [3.05, 3.63) is 0 Å². The molecule has 0 saturated heterocycles. The molecule has 0 saturated carbocycles. The molecule has 0 aliphatic heterocycles. The van der Waals surface area contributed by atoms with Gasteiger partial charge in [0.25, 0.3) is 0 Å². The first-order chi connectivity index (χ1) is 6.06. The molecule has 1 N–H and O–H groups in total. The second-order valence-corrected chi connectivity index (χ2v) is 3.25. The van der Waals surface area contributed by atoms with Crippen LogP contribution in [0.25, 0.3) is 0 Å². The number of rotatable bonds is 5. The Morgan fingerprint density at radius 3 is 2.38 bits per heavy atom. The fourth-order valence-corrected chi connectivity index (χ4v) is 0.672. The van der Waals surface area contributed by atoms with Crippen molar-refractivity contribution < 1.29 is 14.3 Å². The second kappa shape index (κ2) is 6.46. The second-order valence-electron chi connectivity index (χ2n) is 3.25. The largest absolute Gasteiger partial charge is 0.465 e. The van der Waals surface area contributed by atoms with Crippen LogP contribution in [0.1, 0.15) is 26.7 Å². The van der Waals surface area contributed by atoms with Gasteiger partial charge in [-0.2, -0.15) is 0 Å². The van der Waals surface area contributed by atoms with Gasteiger partial charge in [0, 0.05) is 13.5 Å². The first-order valence-electron chi connectivity index (χ1n) is 4.42. The van der Waals surface area contributed by atoms with E-state index in [0.717, 1.165) is 0 Å². The molecule has 0 heterocycles. The van der Waals surface area contributed by atoms with Crippen LogP contribution in [0.5, 0.6) is 0 Å². The normalized spacial score (nSPS) is 9.85. The maximum absolute atomic E-state index is 11.0. The van der Waals surface area contributed by atoms with Crippen molar-refractivity contribution in [3.63, 3.8) is 0 Å². The van der Waals surface area contributed by atoms with E-state index >= 15 is 0 Å². The van der Waals surface area contributed by atoms with Crippen LogP contribution in [-0.4, -0.2) is 25.5 Å². The standard InChI is InChI=1S/C9H17NO3/c1-7(2)6-13-9(12)5-4-8(11)10-3/h7H,4-6H2,1-3H3,(H,10,11). The van der Waals surface area contributed by atoms with Gasteiger partial charge in [0.2, 0.25) is 5.91 Å². The number of hydrogen-bond acceptors (Lipinski definition) is 3. The van der Waals surface area contributed by atoms with E-state index in [9.17, 15) is 9.59 Å². The average Bonchev–Trinajstić information content (AvgIpc) is 2.10. The summed E-state index contributed by atoms with van der Waals surface area (Å²) in [4.78, 5) is 21.7. The predicted molar refractivity (Wildman–Crippen MR) is 49.1 cm³/mol. The van der Waals surface area contributed by atoms with Crippen molar-refractivity contribution in [2.75, 3.05) is 13.7 Å². The molecule has 0 atom stereocenters. The van der Waals surface area contributed by atoms with Gasteiger partial charge in [0.15, 0.2) is 0 Å². The molecule has 0 rings (SSSR count). The molecule has 0 aromatic heterocycles. The highest BCUT2D eigenvalue weighted by atomic mass is 16.5. The molecule has 0 aliphatic rings. The molecule has 13 heavy (non-hydrogen) atoms. The number of ether oxygens (including phenoxy) is 1. The smallest absolute Gasteiger partial charge is 0.306 e. The maximum atomic E-state index is 11.0. The Balaban J connectivity index is 3.46. The van der Waals surface area contributed by atoms with E-state index in [1.54, 1.807) is 7.05 Å². The molecular formula is C9H17NO3. The van der Waals surface area contributed by atoms with Crippen LogP contribution in [0.15, 0.2) is 0 Å². The lowest BCUT2D eigenvalue weighted by Gasteiger charge is -2.06. The summed E-state index contributed by atoms with van der Waals surface area (Å²) in [6.45, 7) is 4.35. The predicted octanol–water partition coefficient (Wildman–Crippen LogP) is 0.712. The highest BCUT2D eigenvalue weighted by molar-refractivity contribution is 5.80. The summed E-state index contributed by atoms with van der Waals surface area (Å²) in [5, 5.41) is 2.44. The number of carbonyl (C=O) groups is 2. The van der Waals surface area contributed by atoms with Crippen molar-refractivity contribution in [1.29, 1.82) is 0 Å². The molecule has 4 heteroatoms. The summed E-state index contributed by atoms with van der Waals surface area (Å²) in [7, 11) is 1.54. The Bertz CT molecular complexity index is 178. The Hall–Kier alpha value is -1.06. The number of amides is 1. The van der Waals surface area contributed by atoms with E-state index in [1.807, 2.05) is 13.8 Å². The Morgan fingerprint density at radius 2 is 1.92 bits per heavy atom. The van der Waals surface area contributed by atoms with Crippen LogP contribution in [0, 0.1) is 5.92 Å². The molecule has 0 unspecified atom stereocenters. The zero-order valence-corrected chi connectivity index (χ0v) is 8.42. The SMILES string of the molecule is CNC(=O)CCC(=O)OCC(C)C. The molecule has 76 valence electrons. The fourth-order valence-electron chi connectivity index (χ4n) is 0.672. The third-order valence-corrected chi connectivity index (χ3v) is 1.41. The van der Waals surface area contributed by atoms with E-state index in [2.05, 4.69) is 5.32 Å². The number of esters is 1. The summed E-state index contributed by atoms with van der Waals surface area (Å²) in [6, 6.07) is 0. The van der Waals surface area contributed by atoms with Crippen LogP contribution in [-0.2, 0) is 14.3 Å². The van der Waals surface area contributed by atoms with E-state index < -0.39 is 0 Å². The van der Waals surface area contributed by atoms with Crippen LogP contribution in [0.2, 0.25) is 0 Å². The Labute approximate surface area is 78.6 Å². The fraction of sp³-hybridized carbons (Fsp3) is 0.778. The maximum Gasteiger partial charge on any atom is 0.306 e. The molecule has 0 aromatic rings. The van der Waals surface area contributed by atoms with Crippen molar-refractivity contribution in [2.24, 2.45) is 5.92 Å². The third kappa shape index (κ3) is 7.31. The highest BCUT2D eigenvalue weighted by Crippen LogP contribution is 1.97. The van der Waals surface area contributed by atoms with Gasteiger partial charge in [-0.25, -0.2) is 0 Å². The zero-order chi connectivity index (χ0) is 10.3. The van der Waals surface area contributed by atoms with Crippen LogP contribution in [0.3, 0.4) is 0 Å². The zero-order valence-electron chi connectivity index (χ0n) is 8.42. The van der Waals surface area contributed by atoms with Gasteiger partial charge in [-0.05, 0) is 5.92 Å². The van der Waals surface area contributed by atoms with Gasteiger partial charge >= 0.3 is 5.97 Å². The molecule has 0 radical (unpaired) electrons. The van der Waals surface area contributed by atoms with Crippen molar-refractivity contribution in [1.82, 2.24) is 5.32 Å². The summed E-state index contributed by atoms with van der Waals surface area (Å²) in [5.74, 6) is -0.109. The molecule has 0 bridgehead atoms. The lowest BCUT2D eigenvalue weighted by molar-refractivity contribution is -0.145. The molecule has 0 aliphatic carbocycles. The molecule has 4 nitrogen and oxygen atoms in total. The first-order valence-corrected chi connectivity index (χ1v) is 4.42. The quantitative estimate of drug-likeness (QED) is 0.645. The average molecular weight is 187 g/mol. The number of hydrogen-bond donors (Lipinski definition) is 1. The number of carbonyl (C=O) groups excluding carboxylic acids is 2. The molecule has 0 fully saturated rings. The monoisotopic (exact) mass is 187 g/mol. The minimum atomic E-state index is -0.308. The van der Waals surface area contributed by atoms with Gasteiger partial charge in [-0.1, -0.05) is 13.8 Å². The van der Waals surface area contributed by atoms with Crippen molar-refractivity contribution >= 4 is 11.9 Å².